The first-order chi connectivity index (χ1) is 14.3. The molecule has 0 fully saturated rings. The number of ketones is 1. The Labute approximate surface area is 176 Å². The molecule has 3 aromatic rings. The van der Waals surface area contributed by atoms with Gasteiger partial charge in [0.2, 0.25) is 5.91 Å². The van der Waals surface area contributed by atoms with Crippen LogP contribution in [-0.2, 0) is 20.4 Å². The number of sulfone groups is 1. The van der Waals surface area contributed by atoms with Crippen molar-refractivity contribution in [1.82, 2.24) is 0 Å². The van der Waals surface area contributed by atoms with Gasteiger partial charge in [0.05, 0.1) is 17.2 Å². The summed E-state index contributed by atoms with van der Waals surface area (Å²) in [5.74, 6) is -1.02. The Morgan fingerprint density at radius 1 is 0.867 bits per heavy atom. The zero-order valence-electron chi connectivity index (χ0n) is 16.7. The van der Waals surface area contributed by atoms with Gasteiger partial charge in [-0.1, -0.05) is 72.3 Å². The maximum Gasteiger partial charge on any atom is 0.225 e. The quantitative estimate of drug-likeness (QED) is 0.554. The van der Waals surface area contributed by atoms with E-state index in [1.807, 2.05) is 19.1 Å². The van der Waals surface area contributed by atoms with Crippen molar-refractivity contribution < 1.29 is 18.0 Å². The minimum atomic E-state index is -3.43. The molecule has 0 atom stereocenters. The Bertz CT molecular complexity index is 1140. The largest absolute Gasteiger partial charge is 0.325 e. The lowest BCUT2D eigenvalue weighted by Crippen LogP contribution is -2.19. The average molecular weight is 422 g/mol. The Hall–Kier alpha value is -3.25. The molecule has 0 aliphatic carbocycles. The molecule has 30 heavy (non-hydrogen) atoms. The maximum absolute atomic E-state index is 12.9. The monoisotopic (exact) mass is 421 g/mol. The van der Waals surface area contributed by atoms with Gasteiger partial charge in [-0.15, -0.1) is 0 Å². The maximum atomic E-state index is 12.9. The predicted octanol–water partition coefficient (Wildman–Crippen LogP) is 4.17. The SMILES string of the molecule is Cc1ccc(NC(=O)CCS(=O)(=O)Cc2ccccc2)c(C(=O)c2ccccc2)c1. The topological polar surface area (TPSA) is 80.3 Å². The molecular weight excluding hydrogens is 398 g/mol. The molecule has 1 amide bonds. The molecule has 0 saturated heterocycles. The number of hydrogen-bond donors (Lipinski definition) is 1. The van der Waals surface area contributed by atoms with Gasteiger partial charge in [-0.2, -0.15) is 0 Å². The highest BCUT2D eigenvalue weighted by molar-refractivity contribution is 7.90. The molecule has 5 nitrogen and oxygen atoms in total. The lowest BCUT2D eigenvalue weighted by molar-refractivity contribution is -0.115. The molecule has 0 spiro atoms. The average Bonchev–Trinajstić information content (AvgIpc) is 2.74. The van der Waals surface area contributed by atoms with Crippen molar-refractivity contribution >= 4 is 27.2 Å². The second-order valence-electron chi connectivity index (χ2n) is 7.12. The Morgan fingerprint density at radius 3 is 2.17 bits per heavy atom. The third-order valence-corrected chi connectivity index (χ3v) is 6.20. The van der Waals surface area contributed by atoms with E-state index in [2.05, 4.69) is 5.32 Å². The van der Waals surface area contributed by atoms with Crippen LogP contribution in [0.2, 0.25) is 0 Å². The molecule has 0 heterocycles. The van der Waals surface area contributed by atoms with Crippen LogP contribution in [-0.4, -0.2) is 25.9 Å². The molecule has 3 rings (SSSR count). The van der Waals surface area contributed by atoms with E-state index >= 15 is 0 Å². The van der Waals surface area contributed by atoms with Crippen LogP contribution in [0.25, 0.3) is 0 Å². The number of carbonyl (C=O) groups excluding carboxylic acids is 2. The molecule has 0 aliphatic rings. The minimum absolute atomic E-state index is 0.108. The summed E-state index contributed by atoms with van der Waals surface area (Å²) in [4.78, 5) is 25.3. The highest BCUT2D eigenvalue weighted by atomic mass is 32.2. The van der Waals surface area contributed by atoms with E-state index in [0.29, 0.717) is 22.4 Å². The third-order valence-electron chi connectivity index (χ3n) is 4.60. The normalized spacial score (nSPS) is 11.1. The molecule has 0 unspecified atom stereocenters. The molecular formula is C24H23NO4S. The first-order valence-electron chi connectivity index (χ1n) is 9.59. The lowest BCUT2D eigenvalue weighted by atomic mass is 9.99. The number of nitrogens with one attached hydrogen (secondary N) is 1. The van der Waals surface area contributed by atoms with Gasteiger partial charge >= 0.3 is 0 Å². The minimum Gasteiger partial charge on any atom is -0.325 e. The van der Waals surface area contributed by atoms with Crippen LogP contribution in [0.3, 0.4) is 0 Å². The number of aryl methyl sites for hydroxylation is 1. The van der Waals surface area contributed by atoms with Crippen LogP contribution < -0.4 is 5.32 Å². The number of carbonyl (C=O) groups is 2. The molecule has 6 heteroatoms. The van der Waals surface area contributed by atoms with Crippen molar-refractivity contribution in [3.63, 3.8) is 0 Å². The highest BCUT2D eigenvalue weighted by Gasteiger charge is 2.18. The van der Waals surface area contributed by atoms with Crippen LogP contribution in [0, 0.1) is 6.92 Å². The van der Waals surface area contributed by atoms with Crippen molar-refractivity contribution in [2.75, 3.05) is 11.1 Å². The van der Waals surface area contributed by atoms with Crippen LogP contribution >= 0.6 is 0 Å². The second kappa shape index (κ2) is 9.50. The van der Waals surface area contributed by atoms with Gasteiger partial charge in [0.1, 0.15) is 0 Å². The van der Waals surface area contributed by atoms with Gasteiger partial charge in [-0.05, 0) is 24.6 Å². The fourth-order valence-electron chi connectivity index (χ4n) is 3.06. The fourth-order valence-corrected chi connectivity index (χ4v) is 4.40. The molecule has 0 radical (unpaired) electrons. The summed E-state index contributed by atoms with van der Waals surface area (Å²) >= 11 is 0. The fraction of sp³-hybridized carbons (Fsp3) is 0.167. The van der Waals surface area contributed by atoms with Crippen LogP contribution in [0.1, 0.15) is 33.5 Å². The molecule has 0 aromatic heterocycles. The van der Waals surface area contributed by atoms with E-state index in [9.17, 15) is 18.0 Å². The molecule has 0 bridgehead atoms. The van der Waals surface area contributed by atoms with Gasteiger partial charge < -0.3 is 5.32 Å². The van der Waals surface area contributed by atoms with Crippen molar-refractivity contribution in [3.05, 3.63) is 101 Å². The van der Waals surface area contributed by atoms with Crippen LogP contribution in [0.5, 0.6) is 0 Å². The molecule has 1 N–H and O–H groups in total. The van der Waals surface area contributed by atoms with Crippen molar-refractivity contribution in [1.29, 1.82) is 0 Å². The Kier molecular flexibility index (Phi) is 6.79. The van der Waals surface area contributed by atoms with E-state index in [1.54, 1.807) is 66.7 Å². The first kappa shape index (κ1) is 21.5. The number of benzene rings is 3. The van der Waals surface area contributed by atoms with Gasteiger partial charge in [0, 0.05) is 17.5 Å². The summed E-state index contributed by atoms with van der Waals surface area (Å²) in [6, 6.07) is 22.8. The lowest BCUT2D eigenvalue weighted by Gasteiger charge is -2.12. The van der Waals surface area contributed by atoms with Crippen LogP contribution in [0.4, 0.5) is 5.69 Å². The van der Waals surface area contributed by atoms with Gasteiger partial charge in [0.25, 0.3) is 0 Å². The van der Waals surface area contributed by atoms with E-state index < -0.39 is 15.7 Å². The van der Waals surface area contributed by atoms with Crippen molar-refractivity contribution in [2.45, 2.75) is 19.1 Å². The summed E-state index contributed by atoms with van der Waals surface area (Å²) in [5, 5.41) is 2.70. The number of hydrogen-bond acceptors (Lipinski definition) is 4. The number of anilines is 1. The van der Waals surface area contributed by atoms with E-state index in [0.717, 1.165) is 5.56 Å². The third kappa shape index (κ3) is 5.87. The highest BCUT2D eigenvalue weighted by Crippen LogP contribution is 2.21. The van der Waals surface area contributed by atoms with Gasteiger partial charge in [0.15, 0.2) is 15.6 Å². The summed E-state index contributed by atoms with van der Waals surface area (Å²) in [7, 11) is -3.43. The number of rotatable bonds is 8. The Balaban J connectivity index is 1.69. The second-order valence-corrected chi connectivity index (χ2v) is 9.30. The zero-order valence-corrected chi connectivity index (χ0v) is 17.5. The molecule has 0 aliphatic heterocycles. The predicted molar refractivity (Wildman–Crippen MR) is 118 cm³/mol. The summed E-state index contributed by atoms with van der Waals surface area (Å²) < 4.78 is 24.7. The van der Waals surface area contributed by atoms with Gasteiger partial charge in [-0.25, -0.2) is 8.42 Å². The summed E-state index contributed by atoms with van der Waals surface area (Å²) in [6.45, 7) is 1.86. The zero-order chi connectivity index (χ0) is 21.6. The van der Waals surface area contributed by atoms with Gasteiger partial charge in [-0.3, -0.25) is 9.59 Å². The van der Waals surface area contributed by atoms with Crippen molar-refractivity contribution in [2.24, 2.45) is 0 Å². The smallest absolute Gasteiger partial charge is 0.225 e. The Morgan fingerprint density at radius 2 is 1.50 bits per heavy atom. The van der Waals surface area contributed by atoms with E-state index in [1.165, 1.54) is 0 Å². The van der Waals surface area contributed by atoms with E-state index in [-0.39, 0.29) is 23.7 Å². The molecule has 154 valence electrons. The van der Waals surface area contributed by atoms with E-state index in [4.69, 9.17) is 0 Å². The first-order valence-corrected chi connectivity index (χ1v) is 11.4. The summed E-state index contributed by atoms with van der Waals surface area (Å²) in [6.07, 6.45) is -0.179. The standard InChI is InChI=1S/C24H23NO4S/c1-18-12-13-22(21(16-18)24(27)20-10-6-3-7-11-20)25-23(26)14-15-30(28,29)17-19-8-4-2-5-9-19/h2-13,16H,14-15,17H2,1H3,(H,25,26). The van der Waals surface area contributed by atoms with Crippen molar-refractivity contribution in [3.8, 4) is 0 Å². The summed E-state index contributed by atoms with van der Waals surface area (Å²) in [5.41, 5.74) is 2.84. The molecule has 0 saturated carbocycles. The van der Waals surface area contributed by atoms with Crippen LogP contribution in [0.15, 0.2) is 78.9 Å². The number of amides is 1. The molecule has 3 aromatic carbocycles.